The van der Waals surface area contributed by atoms with E-state index in [9.17, 15) is 9.59 Å². The lowest BCUT2D eigenvalue weighted by Gasteiger charge is -2.24. The molecule has 0 saturated carbocycles. The number of amides is 1. The first-order valence-corrected chi connectivity index (χ1v) is 11.6. The number of aldehydes is 1. The van der Waals surface area contributed by atoms with Gasteiger partial charge in [0.2, 0.25) is 0 Å². The van der Waals surface area contributed by atoms with Crippen LogP contribution in [0.3, 0.4) is 0 Å². The van der Waals surface area contributed by atoms with Crippen LogP contribution in [0.1, 0.15) is 24.0 Å². The average Bonchev–Trinajstić information content (AvgIpc) is 3.31. The smallest absolute Gasteiger partial charge is 0.275 e. The quantitative estimate of drug-likeness (QED) is 0.175. The molecular formula is C26H28Cl2N2O4S. The molecule has 35 heavy (non-hydrogen) atoms. The summed E-state index contributed by atoms with van der Waals surface area (Å²) in [5, 5.41) is 10.7. The fraction of sp³-hybridized carbons (Fsp3) is 0.192. The molecule has 1 atom stereocenters. The van der Waals surface area contributed by atoms with Crippen LogP contribution >= 0.6 is 35.4 Å². The molecule has 9 heteroatoms. The molecule has 0 aliphatic rings. The van der Waals surface area contributed by atoms with E-state index < -0.39 is 11.9 Å². The van der Waals surface area contributed by atoms with Gasteiger partial charge in [-0.3, -0.25) is 9.69 Å². The Hall–Kier alpha value is -2.97. The number of rotatable bonds is 11. The van der Waals surface area contributed by atoms with Crippen molar-refractivity contribution in [2.75, 3.05) is 14.2 Å². The number of thiocarbonyl (C=S) groups is 1. The van der Waals surface area contributed by atoms with Crippen LogP contribution < -0.4 is 5.32 Å². The van der Waals surface area contributed by atoms with Gasteiger partial charge in [-0.05, 0) is 36.8 Å². The van der Waals surface area contributed by atoms with Crippen LogP contribution in [-0.4, -0.2) is 47.9 Å². The minimum Gasteiger partial charge on any atom is -0.457 e. The maximum Gasteiger partial charge on any atom is 0.275 e. The Morgan fingerprint density at radius 2 is 1.86 bits per heavy atom. The Balaban J connectivity index is 0.00000298. The number of furan rings is 1. The number of benzene rings is 1. The molecule has 1 heterocycles. The molecule has 0 radical (unpaired) electrons. The second kappa shape index (κ2) is 15.8. The van der Waals surface area contributed by atoms with Crippen molar-refractivity contribution in [3.05, 3.63) is 94.0 Å². The summed E-state index contributed by atoms with van der Waals surface area (Å²) in [7, 11) is 2.60. The second-order valence-corrected chi connectivity index (χ2v) is 8.29. The van der Waals surface area contributed by atoms with E-state index in [1.807, 2.05) is 30.3 Å². The van der Waals surface area contributed by atoms with Gasteiger partial charge in [0.25, 0.3) is 5.91 Å². The fourth-order valence-corrected chi connectivity index (χ4v) is 3.51. The summed E-state index contributed by atoms with van der Waals surface area (Å²) < 4.78 is 5.86. The molecule has 2 rings (SSSR count). The monoisotopic (exact) mass is 534 g/mol. The number of aliphatic hydroxyl groups is 1. The summed E-state index contributed by atoms with van der Waals surface area (Å²) in [4.78, 5) is 26.2. The number of nitrogens with one attached hydrogen (secondary N) is 1. The van der Waals surface area contributed by atoms with E-state index in [0.717, 1.165) is 12.7 Å². The Morgan fingerprint density at radius 1 is 1.20 bits per heavy atom. The van der Waals surface area contributed by atoms with Crippen LogP contribution in [0, 0.1) is 0 Å². The number of allylic oxidation sites excluding steroid dienone is 5. The van der Waals surface area contributed by atoms with E-state index >= 15 is 0 Å². The van der Waals surface area contributed by atoms with Gasteiger partial charge in [0.1, 0.15) is 23.5 Å². The molecule has 1 unspecified atom stereocenters. The Bertz CT molecular complexity index is 1100. The first-order chi connectivity index (χ1) is 16.8. The van der Waals surface area contributed by atoms with Crippen molar-refractivity contribution < 1.29 is 19.1 Å². The van der Waals surface area contributed by atoms with Crippen LogP contribution in [-0.2, 0) is 16.0 Å². The van der Waals surface area contributed by atoms with Crippen LogP contribution in [0.5, 0.6) is 0 Å². The van der Waals surface area contributed by atoms with Crippen molar-refractivity contribution in [2.45, 2.75) is 19.4 Å². The van der Waals surface area contributed by atoms with Gasteiger partial charge in [0, 0.05) is 42.3 Å². The van der Waals surface area contributed by atoms with Crippen molar-refractivity contribution in [2.24, 2.45) is 0 Å². The van der Waals surface area contributed by atoms with E-state index in [1.54, 1.807) is 38.3 Å². The van der Waals surface area contributed by atoms with Gasteiger partial charge in [0.05, 0.1) is 11.5 Å². The molecule has 0 aliphatic carbocycles. The molecule has 1 aromatic heterocycles. The number of hydrogen-bond donors (Lipinski definition) is 2. The highest BCUT2D eigenvalue weighted by molar-refractivity contribution is 7.78. The molecule has 0 aliphatic heterocycles. The SMILES string of the molecule is C=C(Cl)/C=C(\C=C(/C)Cl)c1ccc(/C=C(/NC)C(=O)N(C=S)C(C=O)Cc2ccccc2)o1.CO. The van der Waals surface area contributed by atoms with Crippen molar-refractivity contribution in [3.8, 4) is 0 Å². The van der Waals surface area contributed by atoms with Gasteiger partial charge in [-0.1, -0.05) is 72.3 Å². The third-order valence-corrected chi connectivity index (χ3v) is 4.96. The molecule has 6 nitrogen and oxygen atoms in total. The third kappa shape index (κ3) is 9.66. The summed E-state index contributed by atoms with van der Waals surface area (Å²) in [6.45, 7) is 5.39. The van der Waals surface area contributed by atoms with Crippen molar-refractivity contribution in [3.63, 3.8) is 0 Å². The summed E-state index contributed by atoms with van der Waals surface area (Å²) in [6, 6.07) is 12.1. The van der Waals surface area contributed by atoms with E-state index in [1.165, 1.54) is 16.5 Å². The predicted molar refractivity (Wildman–Crippen MR) is 147 cm³/mol. The molecule has 0 fully saturated rings. The Labute approximate surface area is 221 Å². The summed E-state index contributed by atoms with van der Waals surface area (Å²) in [6.07, 6.45) is 5.90. The average molecular weight is 535 g/mol. The molecule has 0 spiro atoms. The lowest BCUT2D eigenvalue weighted by atomic mass is 10.1. The Morgan fingerprint density at radius 3 is 2.37 bits per heavy atom. The Kier molecular flexibility index (Phi) is 13.6. The van der Waals surface area contributed by atoms with Gasteiger partial charge in [-0.2, -0.15) is 0 Å². The van der Waals surface area contributed by atoms with Crippen molar-refractivity contribution >= 4 is 64.8 Å². The first-order valence-electron chi connectivity index (χ1n) is 10.4. The van der Waals surface area contributed by atoms with E-state index in [4.69, 9.17) is 44.9 Å². The standard InChI is InChI=1S/C25H24Cl2N2O3S.CH4O/c1-17(26)11-20(12-18(2)27)24-10-9-22(32-24)14-23(28-3)25(31)29(16-33)21(15-30)13-19-7-5-4-6-8-19;1-2/h4-12,14-16,21,28H,1,13H2,2-3H3;2H,1H3/b18-12+,20-11+,23-14+;. The third-order valence-electron chi connectivity index (χ3n) is 4.51. The molecule has 1 aromatic carbocycles. The highest BCUT2D eigenvalue weighted by Gasteiger charge is 2.25. The summed E-state index contributed by atoms with van der Waals surface area (Å²) in [5.41, 5.74) is 2.93. The van der Waals surface area contributed by atoms with Crippen molar-refractivity contribution in [1.29, 1.82) is 0 Å². The molecule has 2 N–H and O–H groups in total. The van der Waals surface area contributed by atoms with Gasteiger partial charge >= 0.3 is 0 Å². The van der Waals surface area contributed by atoms with E-state index in [2.05, 4.69) is 11.9 Å². The van der Waals surface area contributed by atoms with Gasteiger partial charge in [0.15, 0.2) is 0 Å². The number of halogens is 2. The number of nitrogens with zero attached hydrogens (tertiary/aromatic N) is 1. The normalized spacial score (nSPS) is 12.7. The van der Waals surface area contributed by atoms with Gasteiger partial charge in [-0.15, -0.1) is 0 Å². The van der Waals surface area contributed by atoms with E-state index in [-0.39, 0.29) is 5.70 Å². The zero-order valence-electron chi connectivity index (χ0n) is 19.7. The zero-order valence-corrected chi connectivity index (χ0v) is 22.0. The molecule has 2 aromatic rings. The maximum absolute atomic E-state index is 13.2. The highest BCUT2D eigenvalue weighted by atomic mass is 35.5. The summed E-state index contributed by atoms with van der Waals surface area (Å²) >= 11 is 17.0. The second-order valence-electron chi connectivity index (χ2n) is 7.00. The number of likely N-dealkylation sites (N-methyl/N-ethyl adjacent to an activating group) is 1. The molecule has 1 amide bonds. The lowest BCUT2D eigenvalue weighted by molar-refractivity contribution is -0.128. The number of carbonyl (C=O) groups excluding carboxylic acids is 2. The molecular weight excluding hydrogens is 507 g/mol. The number of hydrogen-bond acceptors (Lipinski definition) is 6. The van der Waals surface area contributed by atoms with Crippen LogP contribution in [0.4, 0.5) is 0 Å². The topological polar surface area (TPSA) is 82.8 Å². The molecule has 186 valence electrons. The van der Waals surface area contributed by atoms with Crippen molar-refractivity contribution in [1.82, 2.24) is 10.2 Å². The lowest BCUT2D eigenvalue weighted by Crippen LogP contribution is -2.43. The minimum atomic E-state index is -0.748. The first kappa shape index (κ1) is 30.1. The molecule has 0 saturated heterocycles. The van der Waals surface area contributed by atoms with Gasteiger partial charge in [-0.25, -0.2) is 0 Å². The predicted octanol–water partition coefficient (Wildman–Crippen LogP) is 5.32. The van der Waals surface area contributed by atoms with Gasteiger partial charge < -0.3 is 19.6 Å². The highest BCUT2D eigenvalue weighted by Crippen LogP contribution is 2.25. The zero-order chi connectivity index (χ0) is 26.4. The molecule has 0 bridgehead atoms. The van der Waals surface area contributed by atoms with Crippen LogP contribution in [0.25, 0.3) is 11.6 Å². The number of aliphatic hydroxyl groups excluding tert-OH is 1. The van der Waals surface area contributed by atoms with E-state index in [0.29, 0.717) is 39.9 Å². The fourth-order valence-electron chi connectivity index (χ4n) is 3.02. The summed E-state index contributed by atoms with van der Waals surface area (Å²) in [5.74, 6) is 0.441. The van der Waals surface area contributed by atoms with Crippen LogP contribution in [0.15, 0.2) is 81.4 Å². The largest absolute Gasteiger partial charge is 0.457 e. The number of carbonyl (C=O) groups is 2. The van der Waals surface area contributed by atoms with Crippen LogP contribution in [0.2, 0.25) is 0 Å². The minimum absolute atomic E-state index is 0.202. The maximum atomic E-state index is 13.2.